The number of rotatable bonds is 5. The van der Waals surface area contributed by atoms with Gasteiger partial charge in [-0.25, -0.2) is 9.97 Å². The molecule has 1 aliphatic rings. The molecule has 1 aliphatic carbocycles. The van der Waals surface area contributed by atoms with Crippen molar-refractivity contribution in [3.05, 3.63) is 193 Å². The smallest absolute Gasteiger partial charge is 0.160 e. The highest BCUT2D eigenvalue weighted by Gasteiger charge is 2.42. The molecule has 0 fully saturated rings. The summed E-state index contributed by atoms with van der Waals surface area (Å²) in [7, 11) is 0. The molecule has 9 aromatic rings. The van der Waals surface area contributed by atoms with Crippen molar-refractivity contribution >= 4 is 21.9 Å². The first-order valence-electron chi connectivity index (χ1n) is 17.4. The fourth-order valence-electron chi connectivity index (χ4n) is 8.13. The van der Waals surface area contributed by atoms with Crippen LogP contribution in [0.5, 0.6) is 0 Å². The Morgan fingerprint density at radius 2 is 1.06 bits per heavy atom. The van der Waals surface area contributed by atoms with E-state index in [-0.39, 0.29) is 5.41 Å². The number of benzene rings is 7. The lowest BCUT2D eigenvalue weighted by Gasteiger charge is -2.30. The SMILES string of the molecule is CC1(c2ccccc2)c2ccccc2-c2cccc(-c3ccc(-c4cc(-c5cccc6c5oc5ccccc56)nc(-c5ccccc5)n4)cc3)c21. The van der Waals surface area contributed by atoms with Crippen LogP contribution in [0.3, 0.4) is 0 Å². The van der Waals surface area contributed by atoms with Gasteiger partial charge in [0.1, 0.15) is 11.2 Å². The zero-order chi connectivity index (χ0) is 33.9. The van der Waals surface area contributed by atoms with Gasteiger partial charge in [0, 0.05) is 32.9 Å². The van der Waals surface area contributed by atoms with Crippen molar-refractivity contribution in [2.24, 2.45) is 0 Å². The highest BCUT2D eigenvalue weighted by atomic mass is 16.3. The van der Waals surface area contributed by atoms with Crippen molar-refractivity contribution in [3.8, 4) is 56.2 Å². The van der Waals surface area contributed by atoms with Gasteiger partial charge in [-0.3, -0.25) is 0 Å². The molecule has 10 rings (SSSR count). The second-order valence-electron chi connectivity index (χ2n) is 13.5. The van der Waals surface area contributed by atoms with Gasteiger partial charge in [-0.15, -0.1) is 0 Å². The molecule has 0 saturated heterocycles. The molecule has 0 bridgehead atoms. The third kappa shape index (κ3) is 4.59. The van der Waals surface area contributed by atoms with Crippen molar-refractivity contribution in [1.82, 2.24) is 9.97 Å². The second kappa shape index (κ2) is 11.5. The number of aromatic nitrogens is 2. The highest BCUT2D eigenvalue weighted by molar-refractivity contribution is 6.09. The minimum absolute atomic E-state index is 0.285. The zero-order valence-electron chi connectivity index (χ0n) is 28.0. The summed E-state index contributed by atoms with van der Waals surface area (Å²) in [5.74, 6) is 0.678. The van der Waals surface area contributed by atoms with Crippen LogP contribution in [-0.2, 0) is 5.41 Å². The van der Waals surface area contributed by atoms with Crippen LogP contribution in [0, 0.1) is 0 Å². The normalized spacial score (nSPS) is 14.8. The monoisotopic (exact) mass is 652 g/mol. The van der Waals surface area contributed by atoms with Crippen LogP contribution in [0.4, 0.5) is 0 Å². The van der Waals surface area contributed by atoms with Crippen LogP contribution >= 0.6 is 0 Å². The third-order valence-electron chi connectivity index (χ3n) is 10.6. The number of para-hydroxylation sites is 2. The molecule has 1 unspecified atom stereocenters. The maximum atomic E-state index is 6.44. The van der Waals surface area contributed by atoms with Gasteiger partial charge in [0.2, 0.25) is 0 Å². The summed E-state index contributed by atoms with van der Waals surface area (Å²) in [5.41, 5.74) is 15.0. The molecule has 0 N–H and O–H groups in total. The van der Waals surface area contributed by atoms with E-state index >= 15 is 0 Å². The Balaban J connectivity index is 1.12. The molecule has 3 heteroatoms. The van der Waals surface area contributed by atoms with Gasteiger partial charge in [-0.1, -0.05) is 158 Å². The minimum Gasteiger partial charge on any atom is -0.455 e. The Morgan fingerprint density at radius 1 is 0.451 bits per heavy atom. The van der Waals surface area contributed by atoms with Gasteiger partial charge < -0.3 is 4.42 Å². The van der Waals surface area contributed by atoms with Gasteiger partial charge in [0.25, 0.3) is 0 Å². The van der Waals surface area contributed by atoms with E-state index in [1.807, 2.05) is 30.3 Å². The van der Waals surface area contributed by atoms with Gasteiger partial charge in [0.05, 0.1) is 11.4 Å². The van der Waals surface area contributed by atoms with Crippen molar-refractivity contribution in [2.75, 3.05) is 0 Å². The third-order valence-corrected chi connectivity index (χ3v) is 10.6. The van der Waals surface area contributed by atoms with E-state index in [1.165, 1.54) is 38.9 Å². The summed E-state index contributed by atoms with van der Waals surface area (Å²) >= 11 is 0. The Hall–Kier alpha value is -6.58. The lowest BCUT2D eigenvalue weighted by molar-refractivity contribution is 0.670. The Bertz CT molecular complexity index is 2750. The summed E-state index contributed by atoms with van der Waals surface area (Å²) in [4.78, 5) is 10.2. The van der Waals surface area contributed by atoms with Crippen LogP contribution in [0.2, 0.25) is 0 Å². The van der Waals surface area contributed by atoms with E-state index in [0.717, 1.165) is 50.0 Å². The van der Waals surface area contributed by atoms with Gasteiger partial charge >= 0.3 is 0 Å². The molecular formula is C48H32N2O. The molecule has 51 heavy (non-hydrogen) atoms. The summed E-state index contributed by atoms with van der Waals surface area (Å²) < 4.78 is 6.44. The maximum absolute atomic E-state index is 6.44. The summed E-state index contributed by atoms with van der Waals surface area (Å²) in [6.07, 6.45) is 0. The largest absolute Gasteiger partial charge is 0.455 e. The minimum atomic E-state index is -0.285. The first-order chi connectivity index (χ1) is 25.2. The predicted molar refractivity (Wildman–Crippen MR) is 208 cm³/mol. The van der Waals surface area contributed by atoms with E-state index in [0.29, 0.717) is 5.82 Å². The number of hydrogen-bond donors (Lipinski definition) is 0. The van der Waals surface area contributed by atoms with Gasteiger partial charge in [-0.05, 0) is 64.1 Å². The maximum Gasteiger partial charge on any atom is 0.160 e. The fraction of sp³-hybridized carbons (Fsp3) is 0.0417. The first-order valence-corrected chi connectivity index (χ1v) is 17.4. The Kier molecular flexibility index (Phi) is 6.62. The van der Waals surface area contributed by atoms with Crippen molar-refractivity contribution in [1.29, 1.82) is 0 Å². The number of furan rings is 1. The van der Waals surface area contributed by atoms with Crippen LogP contribution in [0.15, 0.2) is 180 Å². The van der Waals surface area contributed by atoms with Gasteiger partial charge in [-0.2, -0.15) is 0 Å². The van der Waals surface area contributed by atoms with Crippen LogP contribution < -0.4 is 0 Å². The molecular weight excluding hydrogens is 621 g/mol. The molecule has 1 atom stereocenters. The topological polar surface area (TPSA) is 38.9 Å². The van der Waals surface area contributed by atoms with E-state index < -0.39 is 0 Å². The molecule has 7 aromatic carbocycles. The van der Waals surface area contributed by atoms with E-state index in [1.54, 1.807) is 0 Å². The first kappa shape index (κ1) is 29.3. The van der Waals surface area contributed by atoms with E-state index in [4.69, 9.17) is 14.4 Å². The fourth-order valence-corrected chi connectivity index (χ4v) is 8.13. The second-order valence-corrected chi connectivity index (χ2v) is 13.5. The Labute approximate surface area is 296 Å². The average molecular weight is 653 g/mol. The standard InChI is InChI=1S/C48H32N2O/c1-48(34-16-6-3-7-17-34)41-24-10-8-18-36(41)38-21-12-20-35(45(38)48)31-26-28-32(29-27-31)42-30-43(50-47(49-42)33-14-4-2-5-15-33)40-23-13-22-39-37-19-9-11-25-44(37)51-46(39)40/h2-30H,1H3. The van der Waals surface area contributed by atoms with Crippen molar-refractivity contribution in [2.45, 2.75) is 12.3 Å². The summed E-state index contributed by atoms with van der Waals surface area (Å²) in [5, 5.41) is 2.18. The van der Waals surface area contributed by atoms with E-state index in [9.17, 15) is 0 Å². The van der Waals surface area contributed by atoms with Gasteiger partial charge in [0.15, 0.2) is 5.82 Å². The molecule has 2 aromatic heterocycles. The quantitative estimate of drug-likeness (QED) is 0.186. The number of nitrogens with zero attached hydrogens (tertiary/aromatic N) is 2. The number of fused-ring (bicyclic) bond motifs is 6. The van der Waals surface area contributed by atoms with Crippen molar-refractivity contribution < 1.29 is 4.42 Å². The van der Waals surface area contributed by atoms with Crippen LogP contribution in [0.25, 0.3) is 78.1 Å². The summed E-state index contributed by atoms with van der Waals surface area (Å²) in [6, 6.07) is 62.1. The van der Waals surface area contributed by atoms with Crippen LogP contribution in [-0.4, -0.2) is 9.97 Å². The zero-order valence-corrected chi connectivity index (χ0v) is 28.0. The lowest BCUT2D eigenvalue weighted by atomic mass is 9.72. The molecule has 0 amide bonds. The molecule has 2 heterocycles. The number of hydrogen-bond acceptors (Lipinski definition) is 3. The molecule has 240 valence electrons. The Morgan fingerprint density at radius 3 is 1.90 bits per heavy atom. The predicted octanol–water partition coefficient (Wildman–Crippen LogP) is 12.4. The molecule has 0 saturated carbocycles. The molecule has 0 radical (unpaired) electrons. The average Bonchev–Trinajstić information content (AvgIpc) is 3.72. The highest BCUT2D eigenvalue weighted by Crippen LogP contribution is 2.55. The lowest BCUT2D eigenvalue weighted by Crippen LogP contribution is -2.23. The summed E-state index contributed by atoms with van der Waals surface area (Å²) in [6.45, 7) is 2.38. The van der Waals surface area contributed by atoms with E-state index in [2.05, 4.69) is 153 Å². The van der Waals surface area contributed by atoms with Crippen LogP contribution in [0.1, 0.15) is 23.6 Å². The van der Waals surface area contributed by atoms with Crippen molar-refractivity contribution in [3.63, 3.8) is 0 Å². The molecule has 0 aliphatic heterocycles. The molecule has 0 spiro atoms. The molecule has 3 nitrogen and oxygen atoms in total.